The first kappa shape index (κ1) is 24.1. The van der Waals surface area contributed by atoms with Crippen LogP contribution in [0.2, 0.25) is 0 Å². The zero-order valence-corrected chi connectivity index (χ0v) is 21.2. The van der Waals surface area contributed by atoms with E-state index >= 15 is 0 Å². The summed E-state index contributed by atoms with van der Waals surface area (Å²) in [5.74, 6) is 1.97. The number of amides is 2. The van der Waals surface area contributed by atoms with Crippen molar-refractivity contribution >= 4 is 11.6 Å². The van der Waals surface area contributed by atoms with E-state index in [-0.39, 0.29) is 6.03 Å². The zero-order chi connectivity index (χ0) is 25.9. The van der Waals surface area contributed by atoms with Crippen molar-refractivity contribution in [3.05, 3.63) is 101 Å². The van der Waals surface area contributed by atoms with Crippen molar-refractivity contribution in [3.63, 3.8) is 0 Å². The summed E-state index contributed by atoms with van der Waals surface area (Å²) in [6.07, 6.45) is 0. The first-order chi connectivity index (χ1) is 18.0. The minimum atomic E-state index is -0.537. The maximum Gasteiger partial charge on any atom is 0.322 e. The standard InChI is InChI=1S/C29H28N4O4/c1-18-9-8-10-20(15-18)17-33-19(2)25(28-31-27(32-37-28)21-11-6-5-7-12-21)26(30-29(33)34)22-13-14-23(35-3)24(16-22)36-4/h5-16,26H,17H2,1-4H3,(H,30,34). The van der Waals surface area contributed by atoms with E-state index in [4.69, 9.17) is 19.0 Å². The Morgan fingerprint density at radius 3 is 2.46 bits per heavy atom. The highest BCUT2D eigenvalue weighted by atomic mass is 16.5. The number of urea groups is 1. The SMILES string of the molecule is COc1ccc(C2NC(=O)N(Cc3cccc(C)c3)C(C)=C2c2nc(-c3ccccc3)no2)cc1OC. The lowest BCUT2D eigenvalue weighted by Gasteiger charge is -2.35. The van der Waals surface area contributed by atoms with Crippen LogP contribution in [0.5, 0.6) is 11.5 Å². The number of allylic oxidation sites excluding steroid dienone is 1. The highest BCUT2D eigenvalue weighted by Crippen LogP contribution is 2.40. The highest BCUT2D eigenvalue weighted by molar-refractivity contribution is 5.87. The van der Waals surface area contributed by atoms with Crippen LogP contribution in [0.15, 0.2) is 83.0 Å². The molecule has 0 spiro atoms. The summed E-state index contributed by atoms with van der Waals surface area (Å²) in [7, 11) is 3.17. The molecule has 1 N–H and O–H groups in total. The number of benzene rings is 3. The molecule has 0 aliphatic carbocycles. The molecular weight excluding hydrogens is 468 g/mol. The third-order valence-electron chi connectivity index (χ3n) is 6.45. The van der Waals surface area contributed by atoms with Crippen LogP contribution in [0, 0.1) is 6.92 Å². The van der Waals surface area contributed by atoms with Gasteiger partial charge in [0, 0.05) is 11.3 Å². The fraction of sp³-hybridized carbons (Fsp3) is 0.207. The maximum atomic E-state index is 13.4. The number of hydrogen-bond acceptors (Lipinski definition) is 6. The molecule has 1 aliphatic rings. The van der Waals surface area contributed by atoms with E-state index < -0.39 is 6.04 Å². The molecule has 1 aromatic heterocycles. The molecule has 37 heavy (non-hydrogen) atoms. The summed E-state index contributed by atoms with van der Waals surface area (Å²) in [4.78, 5) is 19.8. The second-order valence-corrected chi connectivity index (χ2v) is 8.86. The molecule has 4 aromatic rings. The summed E-state index contributed by atoms with van der Waals surface area (Å²) in [6.45, 7) is 4.34. The largest absolute Gasteiger partial charge is 0.493 e. The first-order valence-corrected chi connectivity index (χ1v) is 11.9. The van der Waals surface area contributed by atoms with Crippen LogP contribution in [0.4, 0.5) is 4.79 Å². The van der Waals surface area contributed by atoms with Gasteiger partial charge in [0.05, 0.1) is 32.4 Å². The van der Waals surface area contributed by atoms with E-state index in [1.807, 2.05) is 80.6 Å². The number of rotatable bonds is 7. The monoisotopic (exact) mass is 496 g/mol. The minimum absolute atomic E-state index is 0.217. The van der Waals surface area contributed by atoms with E-state index in [1.54, 1.807) is 19.1 Å². The van der Waals surface area contributed by atoms with Gasteiger partial charge in [-0.3, -0.25) is 4.90 Å². The molecule has 2 heterocycles. The topological polar surface area (TPSA) is 89.7 Å². The molecule has 1 atom stereocenters. The summed E-state index contributed by atoms with van der Waals surface area (Å²) < 4.78 is 16.7. The molecule has 0 bridgehead atoms. The molecule has 8 nitrogen and oxygen atoms in total. The number of carbonyl (C=O) groups is 1. The second kappa shape index (κ2) is 10.2. The van der Waals surface area contributed by atoms with Gasteiger partial charge in [-0.05, 0) is 37.1 Å². The fourth-order valence-electron chi connectivity index (χ4n) is 4.56. The van der Waals surface area contributed by atoms with Gasteiger partial charge in [-0.15, -0.1) is 0 Å². The molecule has 188 valence electrons. The third-order valence-corrected chi connectivity index (χ3v) is 6.45. The summed E-state index contributed by atoms with van der Waals surface area (Å²) >= 11 is 0. The quantitative estimate of drug-likeness (QED) is 0.350. The molecule has 1 aliphatic heterocycles. The van der Waals surface area contributed by atoms with Gasteiger partial charge >= 0.3 is 6.03 Å². The number of carbonyl (C=O) groups excluding carboxylic acids is 1. The van der Waals surface area contributed by atoms with E-state index in [1.165, 1.54) is 0 Å². The zero-order valence-electron chi connectivity index (χ0n) is 21.2. The Balaban J connectivity index is 1.62. The molecule has 3 aromatic carbocycles. The molecule has 0 radical (unpaired) electrons. The van der Waals surface area contributed by atoms with Crippen LogP contribution >= 0.6 is 0 Å². The Labute approximate surface area is 215 Å². The Kier molecular flexibility index (Phi) is 6.64. The molecule has 2 amide bonds. The van der Waals surface area contributed by atoms with Crippen molar-refractivity contribution in [1.29, 1.82) is 0 Å². The van der Waals surface area contributed by atoms with Gasteiger partial charge in [0.15, 0.2) is 11.5 Å². The van der Waals surface area contributed by atoms with E-state index in [0.717, 1.165) is 28.0 Å². The van der Waals surface area contributed by atoms with E-state index in [2.05, 4.69) is 16.5 Å². The number of methoxy groups -OCH3 is 2. The van der Waals surface area contributed by atoms with Gasteiger partial charge in [-0.1, -0.05) is 71.4 Å². The third kappa shape index (κ3) is 4.78. The van der Waals surface area contributed by atoms with Gasteiger partial charge in [-0.25, -0.2) is 4.79 Å². The molecule has 0 saturated heterocycles. The van der Waals surface area contributed by atoms with Crippen LogP contribution in [-0.2, 0) is 6.54 Å². The summed E-state index contributed by atoms with van der Waals surface area (Å²) in [6, 6.07) is 22.5. The average molecular weight is 497 g/mol. The number of aromatic nitrogens is 2. The predicted octanol–water partition coefficient (Wildman–Crippen LogP) is 5.76. The van der Waals surface area contributed by atoms with Crippen LogP contribution in [0.3, 0.4) is 0 Å². The molecule has 5 rings (SSSR count). The average Bonchev–Trinajstić information content (AvgIpc) is 3.40. The van der Waals surface area contributed by atoms with Gasteiger partial charge in [0.25, 0.3) is 5.89 Å². The molecular formula is C29H28N4O4. The minimum Gasteiger partial charge on any atom is -0.493 e. The number of nitrogens with zero attached hydrogens (tertiary/aromatic N) is 3. The van der Waals surface area contributed by atoms with E-state index in [0.29, 0.717) is 35.3 Å². The van der Waals surface area contributed by atoms with Gasteiger partial charge in [-0.2, -0.15) is 4.98 Å². The Bertz CT molecular complexity index is 1460. The molecule has 8 heteroatoms. The summed E-state index contributed by atoms with van der Waals surface area (Å²) in [5, 5.41) is 7.37. The smallest absolute Gasteiger partial charge is 0.322 e. The van der Waals surface area contributed by atoms with Crippen molar-refractivity contribution in [3.8, 4) is 22.9 Å². The van der Waals surface area contributed by atoms with Crippen LogP contribution in [0.1, 0.15) is 35.5 Å². The van der Waals surface area contributed by atoms with Gasteiger partial charge < -0.3 is 19.3 Å². The molecule has 1 unspecified atom stereocenters. The highest BCUT2D eigenvalue weighted by Gasteiger charge is 2.36. The molecule has 0 fully saturated rings. The van der Waals surface area contributed by atoms with Crippen molar-refractivity contribution in [2.75, 3.05) is 14.2 Å². The van der Waals surface area contributed by atoms with Crippen LogP contribution in [0.25, 0.3) is 17.0 Å². The van der Waals surface area contributed by atoms with Crippen molar-refractivity contribution in [2.24, 2.45) is 0 Å². The fourth-order valence-corrected chi connectivity index (χ4v) is 4.56. The number of hydrogen-bond donors (Lipinski definition) is 1. The Hall–Kier alpha value is -4.59. The van der Waals surface area contributed by atoms with Crippen molar-refractivity contribution < 1.29 is 18.8 Å². The molecule has 0 saturated carbocycles. The normalized spacial score (nSPS) is 15.5. The maximum absolute atomic E-state index is 13.4. The van der Waals surface area contributed by atoms with Crippen molar-refractivity contribution in [1.82, 2.24) is 20.4 Å². The van der Waals surface area contributed by atoms with Gasteiger partial charge in [0.2, 0.25) is 5.82 Å². The van der Waals surface area contributed by atoms with Crippen LogP contribution in [-0.4, -0.2) is 35.3 Å². The Morgan fingerprint density at radius 2 is 1.73 bits per heavy atom. The van der Waals surface area contributed by atoms with Gasteiger partial charge in [0.1, 0.15) is 0 Å². The lowest BCUT2D eigenvalue weighted by molar-refractivity contribution is 0.203. The van der Waals surface area contributed by atoms with Crippen LogP contribution < -0.4 is 14.8 Å². The predicted molar refractivity (Wildman–Crippen MR) is 140 cm³/mol. The number of nitrogens with one attached hydrogen (secondary N) is 1. The number of ether oxygens (including phenoxy) is 2. The first-order valence-electron chi connectivity index (χ1n) is 11.9. The second-order valence-electron chi connectivity index (χ2n) is 8.86. The van der Waals surface area contributed by atoms with Crippen molar-refractivity contribution in [2.45, 2.75) is 26.4 Å². The lowest BCUT2D eigenvalue weighted by Crippen LogP contribution is -2.45. The number of aryl methyl sites for hydroxylation is 1. The summed E-state index contributed by atoms with van der Waals surface area (Å²) in [5.41, 5.74) is 5.24. The lowest BCUT2D eigenvalue weighted by atomic mass is 9.94. The Morgan fingerprint density at radius 1 is 0.946 bits per heavy atom. The van der Waals surface area contributed by atoms with E-state index in [9.17, 15) is 4.79 Å².